The molecule has 1 atom stereocenters. The summed E-state index contributed by atoms with van der Waals surface area (Å²) in [6.45, 7) is 0. The van der Waals surface area contributed by atoms with Gasteiger partial charge in [0.1, 0.15) is 5.82 Å². The summed E-state index contributed by atoms with van der Waals surface area (Å²) >= 11 is 0. The van der Waals surface area contributed by atoms with Gasteiger partial charge < -0.3 is 24.3 Å². The van der Waals surface area contributed by atoms with Crippen LogP contribution in [0, 0.1) is 5.82 Å². The minimum atomic E-state index is -0.566. The number of ether oxygens (including phenoxy) is 4. The SMILES string of the molecule is COC(=O)NC1CCc2cc(OC)c(OC)c(OC)c2-c2ccc(F)cc21. The minimum absolute atomic E-state index is 0.381. The van der Waals surface area contributed by atoms with E-state index in [9.17, 15) is 9.18 Å². The molecule has 144 valence electrons. The number of nitrogens with one attached hydrogen (secondary N) is 1. The molecule has 1 unspecified atom stereocenters. The molecule has 6 nitrogen and oxygen atoms in total. The molecule has 2 aromatic rings. The standard InChI is InChI=1S/C20H22FNO5/c1-24-16-9-11-5-8-15(22-20(23)27-4)14-10-12(21)6-7-13(14)17(11)19(26-3)18(16)25-2/h6-7,9-10,15H,5,8H2,1-4H3,(H,22,23). The van der Waals surface area contributed by atoms with E-state index in [4.69, 9.17) is 18.9 Å². The molecule has 1 N–H and O–H groups in total. The molecule has 0 spiro atoms. The van der Waals surface area contributed by atoms with Crippen molar-refractivity contribution in [2.24, 2.45) is 0 Å². The second kappa shape index (κ2) is 7.73. The molecule has 0 aliphatic heterocycles. The number of methoxy groups -OCH3 is 4. The van der Waals surface area contributed by atoms with E-state index in [1.54, 1.807) is 20.3 Å². The maximum Gasteiger partial charge on any atom is 0.407 e. The van der Waals surface area contributed by atoms with Crippen LogP contribution in [0.15, 0.2) is 24.3 Å². The fourth-order valence-corrected chi connectivity index (χ4v) is 3.56. The fraction of sp³-hybridized carbons (Fsp3) is 0.350. The van der Waals surface area contributed by atoms with Gasteiger partial charge >= 0.3 is 6.09 Å². The quantitative estimate of drug-likeness (QED) is 0.879. The predicted molar refractivity (Wildman–Crippen MR) is 98.1 cm³/mol. The molecule has 0 saturated heterocycles. The fourth-order valence-electron chi connectivity index (χ4n) is 3.56. The molecule has 3 rings (SSSR count). The average molecular weight is 375 g/mol. The molecule has 0 heterocycles. The van der Waals surface area contributed by atoms with Crippen LogP contribution in [-0.4, -0.2) is 34.5 Å². The van der Waals surface area contributed by atoms with Gasteiger partial charge in [0.25, 0.3) is 0 Å². The number of fused-ring (bicyclic) bond motifs is 3. The smallest absolute Gasteiger partial charge is 0.407 e. The zero-order valence-corrected chi connectivity index (χ0v) is 15.7. The number of halogens is 1. The second-order valence-electron chi connectivity index (χ2n) is 6.14. The van der Waals surface area contributed by atoms with E-state index in [-0.39, 0.29) is 5.82 Å². The summed E-state index contributed by atoms with van der Waals surface area (Å²) in [7, 11) is 5.95. The zero-order chi connectivity index (χ0) is 19.6. The van der Waals surface area contributed by atoms with Gasteiger partial charge in [-0.15, -0.1) is 0 Å². The lowest BCUT2D eigenvalue weighted by atomic mass is 9.93. The van der Waals surface area contributed by atoms with E-state index in [0.29, 0.717) is 35.7 Å². The summed E-state index contributed by atoms with van der Waals surface area (Å²) in [4.78, 5) is 11.8. The maximum atomic E-state index is 14.0. The second-order valence-corrected chi connectivity index (χ2v) is 6.14. The van der Waals surface area contributed by atoms with Crippen molar-refractivity contribution < 1.29 is 28.1 Å². The van der Waals surface area contributed by atoms with Crippen molar-refractivity contribution >= 4 is 6.09 Å². The van der Waals surface area contributed by atoms with Crippen LogP contribution in [0.4, 0.5) is 9.18 Å². The van der Waals surface area contributed by atoms with Gasteiger partial charge in [0.15, 0.2) is 11.5 Å². The summed E-state index contributed by atoms with van der Waals surface area (Å²) in [6, 6.07) is 6.00. The molecular weight excluding hydrogens is 353 g/mol. The lowest BCUT2D eigenvalue weighted by Crippen LogP contribution is -2.28. The number of hydrogen-bond acceptors (Lipinski definition) is 5. The molecule has 1 aliphatic rings. The summed E-state index contributed by atoms with van der Waals surface area (Å²) in [6.07, 6.45) is 0.622. The Morgan fingerprint density at radius 1 is 1.07 bits per heavy atom. The number of amides is 1. The van der Waals surface area contributed by atoms with Gasteiger partial charge in [0.05, 0.1) is 34.5 Å². The van der Waals surface area contributed by atoms with E-state index in [1.165, 1.54) is 26.4 Å². The van der Waals surface area contributed by atoms with Gasteiger partial charge in [-0.3, -0.25) is 0 Å². The Balaban J connectivity index is 2.26. The average Bonchev–Trinajstić information content (AvgIpc) is 2.83. The monoisotopic (exact) mass is 375 g/mol. The van der Waals surface area contributed by atoms with Crippen molar-refractivity contribution in [2.45, 2.75) is 18.9 Å². The van der Waals surface area contributed by atoms with Crippen LogP contribution in [-0.2, 0) is 11.2 Å². The Labute approximate surface area is 157 Å². The Bertz CT molecular complexity index is 868. The first-order chi connectivity index (χ1) is 13.0. The van der Waals surface area contributed by atoms with Crippen LogP contribution < -0.4 is 19.5 Å². The Hall–Kier alpha value is -2.96. The molecule has 0 fully saturated rings. The topological polar surface area (TPSA) is 66.0 Å². The van der Waals surface area contributed by atoms with Gasteiger partial charge in [-0.25, -0.2) is 9.18 Å². The van der Waals surface area contributed by atoms with E-state index in [2.05, 4.69) is 5.32 Å². The number of carbonyl (C=O) groups is 1. The molecule has 7 heteroatoms. The molecule has 0 saturated carbocycles. The van der Waals surface area contributed by atoms with Crippen LogP contribution in [0.1, 0.15) is 23.6 Å². The number of aryl methyl sites for hydroxylation is 1. The molecule has 27 heavy (non-hydrogen) atoms. The lowest BCUT2D eigenvalue weighted by Gasteiger charge is -2.20. The van der Waals surface area contributed by atoms with Crippen LogP contribution in [0.25, 0.3) is 11.1 Å². The summed E-state index contributed by atoms with van der Waals surface area (Å²) in [5.41, 5.74) is 3.19. The van der Waals surface area contributed by atoms with Gasteiger partial charge in [-0.2, -0.15) is 0 Å². The third kappa shape index (κ3) is 3.37. The molecule has 1 amide bonds. The molecular formula is C20H22FNO5. The summed E-state index contributed by atoms with van der Waals surface area (Å²) < 4.78 is 35.3. The van der Waals surface area contributed by atoms with Crippen LogP contribution in [0.5, 0.6) is 17.2 Å². The highest BCUT2D eigenvalue weighted by Crippen LogP contribution is 2.50. The minimum Gasteiger partial charge on any atom is -0.493 e. The van der Waals surface area contributed by atoms with Gasteiger partial charge in [-0.1, -0.05) is 6.07 Å². The number of rotatable bonds is 4. The molecule has 0 radical (unpaired) electrons. The van der Waals surface area contributed by atoms with Crippen molar-refractivity contribution in [3.63, 3.8) is 0 Å². The van der Waals surface area contributed by atoms with Gasteiger partial charge in [0.2, 0.25) is 5.75 Å². The normalized spacial score (nSPS) is 15.1. The van der Waals surface area contributed by atoms with Crippen LogP contribution >= 0.6 is 0 Å². The van der Waals surface area contributed by atoms with Crippen molar-refractivity contribution in [1.82, 2.24) is 5.32 Å². The van der Waals surface area contributed by atoms with E-state index < -0.39 is 12.1 Å². The zero-order valence-electron chi connectivity index (χ0n) is 15.7. The first-order valence-electron chi connectivity index (χ1n) is 8.50. The van der Waals surface area contributed by atoms with Gasteiger partial charge in [0, 0.05) is 5.56 Å². The summed E-state index contributed by atoms with van der Waals surface area (Å²) in [5.74, 6) is 1.15. The van der Waals surface area contributed by atoms with Crippen molar-refractivity contribution in [1.29, 1.82) is 0 Å². The van der Waals surface area contributed by atoms with Gasteiger partial charge in [-0.05, 0) is 47.7 Å². The number of alkyl carbamates (subject to hydrolysis) is 1. The first-order valence-corrected chi connectivity index (χ1v) is 8.50. The molecule has 2 aromatic carbocycles. The largest absolute Gasteiger partial charge is 0.493 e. The molecule has 0 bridgehead atoms. The van der Waals surface area contributed by atoms with Crippen LogP contribution in [0.2, 0.25) is 0 Å². The lowest BCUT2D eigenvalue weighted by molar-refractivity contribution is 0.166. The maximum absolute atomic E-state index is 14.0. The number of benzene rings is 2. The van der Waals surface area contributed by atoms with E-state index in [1.807, 2.05) is 6.07 Å². The van der Waals surface area contributed by atoms with Crippen molar-refractivity contribution in [3.05, 3.63) is 41.2 Å². The first kappa shape index (κ1) is 18.8. The third-order valence-corrected chi connectivity index (χ3v) is 4.75. The van der Waals surface area contributed by atoms with Crippen molar-refractivity contribution in [2.75, 3.05) is 28.4 Å². The Morgan fingerprint density at radius 3 is 2.44 bits per heavy atom. The van der Waals surface area contributed by atoms with E-state index >= 15 is 0 Å². The highest BCUT2D eigenvalue weighted by Gasteiger charge is 2.29. The molecule has 0 aromatic heterocycles. The predicted octanol–water partition coefficient (Wildman–Crippen LogP) is 3.86. The number of carbonyl (C=O) groups excluding carboxylic acids is 1. The highest BCUT2D eigenvalue weighted by atomic mass is 19.1. The highest BCUT2D eigenvalue weighted by molar-refractivity contribution is 5.83. The van der Waals surface area contributed by atoms with Crippen LogP contribution in [0.3, 0.4) is 0 Å². The molecule has 1 aliphatic carbocycles. The van der Waals surface area contributed by atoms with E-state index in [0.717, 1.165) is 16.7 Å². The number of hydrogen-bond donors (Lipinski definition) is 1. The Kier molecular flexibility index (Phi) is 5.39. The Morgan fingerprint density at radius 2 is 1.81 bits per heavy atom. The summed E-state index contributed by atoms with van der Waals surface area (Å²) in [5, 5.41) is 2.79. The van der Waals surface area contributed by atoms with Crippen molar-refractivity contribution in [3.8, 4) is 28.4 Å². The third-order valence-electron chi connectivity index (χ3n) is 4.75.